The Hall–Kier alpha value is -3.90. The molecule has 0 saturated carbocycles. The highest BCUT2D eigenvalue weighted by atomic mass is 19.4. The Balaban J connectivity index is 1.41. The molecule has 0 aliphatic carbocycles. The van der Waals surface area contributed by atoms with Gasteiger partial charge >= 0.3 is 18.2 Å². The first-order valence-electron chi connectivity index (χ1n) is 12.6. The van der Waals surface area contributed by atoms with Crippen LogP contribution in [0.5, 0.6) is 0 Å². The summed E-state index contributed by atoms with van der Waals surface area (Å²) in [5.74, 6) is -1.59. The van der Waals surface area contributed by atoms with Gasteiger partial charge in [-0.25, -0.2) is 4.79 Å². The van der Waals surface area contributed by atoms with Gasteiger partial charge in [0.05, 0.1) is 43.4 Å². The standard InChI is InChI=1S/C28H30F3N3O6/c1-3-22-25(34-23(16-40-27(34)38)19-9-5-4-6-10-19)26(37)33(22)21(13-24(35)36)15-39-17-32(2)14-18-8-7-11-20(12-18)28(29,30)31/h3-12,21-23,25H,1,13-17H2,2H3,(H,35,36)/t21-,22-,23-,25+/m1/s1. The number of cyclic esters (lactones) is 1. The molecule has 214 valence electrons. The van der Waals surface area contributed by atoms with Crippen molar-refractivity contribution in [3.05, 3.63) is 83.9 Å². The zero-order valence-electron chi connectivity index (χ0n) is 21.8. The fourth-order valence-electron chi connectivity index (χ4n) is 5.12. The van der Waals surface area contributed by atoms with Gasteiger partial charge in [-0.3, -0.25) is 19.4 Å². The van der Waals surface area contributed by atoms with Crippen LogP contribution in [0.2, 0.25) is 0 Å². The highest BCUT2D eigenvalue weighted by Crippen LogP contribution is 2.38. The molecule has 2 aliphatic heterocycles. The van der Waals surface area contributed by atoms with Crippen molar-refractivity contribution in [1.29, 1.82) is 0 Å². The molecule has 12 heteroatoms. The van der Waals surface area contributed by atoms with Crippen molar-refractivity contribution in [3.8, 4) is 0 Å². The summed E-state index contributed by atoms with van der Waals surface area (Å²) in [5, 5.41) is 9.50. The largest absolute Gasteiger partial charge is 0.481 e. The normalized spacial score (nSPS) is 21.8. The summed E-state index contributed by atoms with van der Waals surface area (Å²) in [6.07, 6.45) is -4.01. The molecule has 4 atom stereocenters. The summed E-state index contributed by atoms with van der Waals surface area (Å²) in [7, 11) is 1.65. The number of rotatable bonds is 12. The van der Waals surface area contributed by atoms with Crippen molar-refractivity contribution in [2.75, 3.05) is 27.0 Å². The molecular formula is C28H30F3N3O6. The predicted octanol–water partition coefficient (Wildman–Crippen LogP) is 3.91. The van der Waals surface area contributed by atoms with Gasteiger partial charge in [0.2, 0.25) is 5.91 Å². The molecular weight excluding hydrogens is 531 g/mol. The number of halogens is 3. The van der Waals surface area contributed by atoms with Gasteiger partial charge < -0.3 is 19.5 Å². The fourth-order valence-corrected chi connectivity index (χ4v) is 5.12. The van der Waals surface area contributed by atoms with E-state index >= 15 is 0 Å². The molecule has 9 nitrogen and oxygen atoms in total. The molecule has 0 bridgehead atoms. The Labute approximate surface area is 229 Å². The smallest absolute Gasteiger partial charge is 0.416 e. The van der Waals surface area contributed by atoms with Crippen molar-refractivity contribution in [2.45, 2.75) is 43.3 Å². The third-order valence-corrected chi connectivity index (χ3v) is 6.92. The maximum absolute atomic E-state index is 13.4. The summed E-state index contributed by atoms with van der Waals surface area (Å²) in [6.45, 7) is 3.87. The first kappa shape index (κ1) is 29.1. The number of hydrogen-bond acceptors (Lipinski definition) is 6. The Morgan fingerprint density at radius 1 is 1.23 bits per heavy atom. The first-order valence-corrected chi connectivity index (χ1v) is 12.6. The molecule has 2 heterocycles. The van der Waals surface area contributed by atoms with E-state index in [1.54, 1.807) is 18.0 Å². The van der Waals surface area contributed by atoms with E-state index < -0.39 is 60.3 Å². The number of carboxylic acid groups (broad SMARTS) is 1. The lowest BCUT2D eigenvalue weighted by Gasteiger charge is -2.52. The molecule has 2 aliphatic rings. The van der Waals surface area contributed by atoms with Gasteiger partial charge in [0.1, 0.15) is 12.6 Å². The summed E-state index contributed by atoms with van der Waals surface area (Å²) < 4.78 is 50.0. The maximum Gasteiger partial charge on any atom is 0.416 e. The van der Waals surface area contributed by atoms with Crippen LogP contribution in [0.1, 0.15) is 29.2 Å². The molecule has 0 radical (unpaired) electrons. The van der Waals surface area contributed by atoms with Crippen molar-refractivity contribution in [1.82, 2.24) is 14.7 Å². The number of aliphatic carboxylic acids is 1. The SMILES string of the molecule is C=C[C@@H]1[C@H](N2C(=O)OC[C@@H]2c2ccccc2)C(=O)N1[C@@H](COCN(C)Cc1cccc(C(F)(F)F)c1)CC(=O)O. The van der Waals surface area contributed by atoms with E-state index in [1.165, 1.54) is 21.9 Å². The molecule has 2 fully saturated rings. The number of carbonyl (C=O) groups is 3. The Morgan fingerprint density at radius 3 is 2.60 bits per heavy atom. The quantitative estimate of drug-likeness (QED) is 0.238. The van der Waals surface area contributed by atoms with E-state index in [1.807, 2.05) is 30.3 Å². The molecule has 2 saturated heterocycles. The zero-order chi connectivity index (χ0) is 29.0. The van der Waals surface area contributed by atoms with Crippen molar-refractivity contribution in [3.63, 3.8) is 0 Å². The monoisotopic (exact) mass is 561 g/mol. The number of benzene rings is 2. The molecule has 0 unspecified atom stereocenters. The van der Waals surface area contributed by atoms with Gasteiger partial charge in [-0.15, -0.1) is 6.58 Å². The van der Waals surface area contributed by atoms with Crippen molar-refractivity contribution in [2.24, 2.45) is 0 Å². The van der Waals surface area contributed by atoms with E-state index in [4.69, 9.17) is 9.47 Å². The Bertz CT molecular complexity index is 1240. The van der Waals surface area contributed by atoms with Crippen LogP contribution in [0.4, 0.5) is 18.0 Å². The summed E-state index contributed by atoms with van der Waals surface area (Å²) in [5.41, 5.74) is 0.483. The topological polar surface area (TPSA) is 99.6 Å². The Kier molecular flexibility index (Phi) is 8.79. The number of ether oxygens (including phenoxy) is 2. The second kappa shape index (κ2) is 12.1. The van der Waals surface area contributed by atoms with Gasteiger partial charge in [-0.2, -0.15) is 13.2 Å². The van der Waals surface area contributed by atoms with Crippen molar-refractivity contribution >= 4 is 18.0 Å². The predicted molar refractivity (Wildman–Crippen MR) is 137 cm³/mol. The first-order chi connectivity index (χ1) is 19.0. The fraction of sp³-hybridized carbons (Fsp3) is 0.393. The third kappa shape index (κ3) is 6.28. The van der Waals surface area contributed by atoms with Gasteiger partial charge in [0.15, 0.2) is 0 Å². The van der Waals surface area contributed by atoms with Crippen LogP contribution in [0.25, 0.3) is 0 Å². The lowest BCUT2D eigenvalue weighted by atomic mass is 9.88. The second-order valence-corrected chi connectivity index (χ2v) is 9.79. The number of amides is 2. The van der Waals surface area contributed by atoms with Crippen LogP contribution in [-0.2, 0) is 31.8 Å². The highest BCUT2D eigenvalue weighted by molar-refractivity contribution is 5.94. The zero-order valence-corrected chi connectivity index (χ0v) is 21.8. The molecule has 4 rings (SSSR count). The van der Waals surface area contributed by atoms with E-state index in [-0.39, 0.29) is 26.5 Å². The van der Waals surface area contributed by atoms with E-state index in [9.17, 15) is 32.7 Å². The second-order valence-electron chi connectivity index (χ2n) is 9.79. The van der Waals surface area contributed by atoms with Crippen LogP contribution < -0.4 is 0 Å². The minimum absolute atomic E-state index is 0.0227. The lowest BCUT2D eigenvalue weighted by Crippen LogP contribution is -2.73. The number of carboxylic acids is 1. The van der Waals surface area contributed by atoms with Crippen molar-refractivity contribution < 1.29 is 42.1 Å². The van der Waals surface area contributed by atoms with Gasteiger partial charge in [0, 0.05) is 6.54 Å². The van der Waals surface area contributed by atoms with Crippen LogP contribution in [0.3, 0.4) is 0 Å². The summed E-state index contributed by atoms with van der Waals surface area (Å²) >= 11 is 0. The van der Waals surface area contributed by atoms with Crippen LogP contribution in [-0.4, -0.2) is 82.9 Å². The summed E-state index contributed by atoms with van der Waals surface area (Å²) in [6, 6.07) is 11.2. The van der Waals surface area contributed by atoms with Gasteiger partial charge in [0.25, 0.3) is 0 Å². The third-order valence-electron chi connectivity index (χ3n) is 6.92. The number of nitrogens with zero attached hydrogens (tertiary/aromatic N) is 3. The lowest BCUT2D eigenvalue weighted by molar-refractivity contribution is -0.164. The molecule has 2 aromatic rings. The number of β-lactam (4-membered cyclic amide) rings is 1. The van der Waals surface area contributed by atoms with Crippen LogP contribution >= 0.6 is 0 Å². The molecule has 0 spiro atoms. The molecule has 0 aromatic heterocycles. The molecule has 2 amide bonds. The van der Waals surface area contributed by atoms with E-state index in [0.717, 1.165) is 17.7 Å². The Morgan fingerprint density at radius 2 is 1.95 bits per heavy atom. The maximum atomic E-state index is 13.4. The highest BCUT2D eigenvalue weighted by Gasteiger charge is 2.57. The number of alkyl halides is 3. The summed E-state index contributed by atoms with van der Waals surface area (Å²) in [4.78, 5) is 42.0. The average molecular weight is 562 g/mol. The van der Waals surface area contributed by atoms with Crippen LogP contribution in [0.15, 0.2) is 67.3 Å². The van der Waals surface area contributed by atoms with E-state index in [2.05, 4.69) is 6.58 Å². The molecule has 2 aromatic carbocycles. The van der Waals surface area contributed by atoms with Crippen LogP contribution in [0, 0.1) is 0 Å². The number of hydrogen-bond donors (Lipinski definition) is 1. The van der Waals surface area contributed by atoms with Gasteiger partial charge in [-0.1, -0.05) is 54.6 Å². The minimum Gasteiger partial charge on any atom is -0.481 e. The molecule has 1 N–H and O–H groups in total. The van der Waals surface area contributed by atoms with Gasteiger partial charge in [-0.05, 0) is 24.2 Å². The van der Waals surface area contributed by atoms with E-state index in [0.29, 0.717) is 5.56 Å². The molecule has 40 heavy (non-hydrogen) atoms. The number of carbonyl (C=O) groups excluding carboxylic acids is 2. The average Bonchev–Trinajstić information content (AvgIpc) is 3.27. The minimum atomic E-state index is -4.45. The number of likely N-dealkylation sites (tertiary alicyclic amines) is 1.